The molecule has 0 aliphatic rings. The Morgan fingerprint density at radius 2 is 1.92 bits per heavy atom. The summed E-state index contributed by atoms with van der Waals surface area (Å²) in [4.78, 5) is 28.2. The number of ether oxygens (including phenoxy) is 2. The summed E-state index contributed by atoms with van der Waals surface area (Å²) in [6, 6.07) is 0. The fourth-order valence-corrected chi connectivity index (χ4v) is 1.77. The molecule has 10 heteroatoms. The summed E-state index contributed by atoms with van der Waals surface area (Å²) in [6.45, 7) is 4.44. The highest BCUT2D eigenvalue weighted by molar-refractivity contribution is 6.01. The summed E-state index contributed by atoms with van der Waals surface area (Å²) in [7, 11) is 2.62. The lowest BCUT2D eigenvalue weighted by Crippen LogP contribution is -2.77. The molecule has 1 aromatic rings. The van der Waals surface area contributed by atoms with Crippen molar-refractivity contribution in [3.05, 3.63) is 11.4 Å². The first kappa shape index (κ1) is 22.0. The molecule has 1 heterocycles. The molecule has 0 fully saturated rings. The number of nitrogens with zero attached hydrogens (tertiary/aromatic N) is 2. The molecule has 0 spiro atoms. The van der Waals surface area contributed by atoms with Gasteiger partial charge in [0.15, 0.2) is 5.69 Å². The number of esters is 1. The predicted octanol–water partition coefficient (Wildman–Crippen LogP) is -0.0727. The third kappa shape index (κ3) is 6.60. The van der Waals surface area contributed by atoms with E-state index in [-0.39, 0.29) is 23.7 Å². The zero-order valence-electron chi connectivity index (χ0n) is 14.5. The molecule has 4 N–H and O–H groups in total. The van der Waals surface area contributed by atoms with E-state index in [2.05, 4.69) is 9.84 Å². The van der Waals surface area contributed by atoms with Crippen LogP contribution in [0.3, 0.4) is 0 Å². The normalized spacial score (nSPS) is 10.0. The number of primary amides is 1. The van der Waals surface area contributed by atoms with Gasteiger partial charge in [-0.15, -0.1) is 0 Å². The molecule has 0 saturated carbocycles. The van der Waals surface area contributed by atoms with Gasteiger partial charge in [-0.3, -0.25) is 13.9 Å². The standard InChI is InChI=1S/C12H20N4O5.C2H5F/c1-4-6-21-7-5-16-10(11(13)17)8(15-20-3)9(14-16)12(18)19-2;1-2-3/h15H,4-7H2,1-3H3,(H2,13,17);2H2,1H3/p+1. The lowest BCUT2D eigenvalue weighted by Gasteiger charge is -2.05. The highest BCUT2D eigenvalue weighted by Crippen LogP contribution is 2.16. The van der Waals surface area contributed by atoms with Gasteiger partial charge in [0.2, 0.25) is 11.4 Å². The Labute approximate surface area is 140 Å². The van der Waals surface area contributed by atoms with E-state index in [1.807, 2.05) is 6.92 Å². The minimum Gasteiger partial charge on any atom is -0.464 e. The van der Waals surface area contributed by atoms with Crippen LogP contribution in [0.5, 0.6) is 0 Å². The zero-order chi connectivity index (χ0) is 18.5. The summed E-state index contributed by atoms with van der Waals surface area (Å²) in [5.74, 6) is -1.38. The van der Waals surface area contributed by atoms with E-state index < -0.39 is 11.9 Å². The van der Waals surface area contributed by atoms with Crippen molar-refractivity contribution < 1.29 is 33.8 Å². The van der Waals surface area contributed by atoms with Gasteiger partial charge in [-0.25, -0.2) is 9.63 Å². The second-order valence-corrected chi connectivity index (χ2v) is 4.42. The Balaban J connectivity index is 0.00000163. The van der Waals surface area contributed by atoms with Crippen molar-refractivity contribution in [3.8, 4) is 0 Å². The molecule has 138 valence electrons. The van der Waals surface area contributed by atoms with Crippen molar-refractivity contribution in [2.24, 2.45) is 5.73 Å². The number of hydrogen-bond acceptors (Lipinski definition) is 6. The van der Waals surface area contributed by atoms with Gasteiger partial charge in [-0.1, -0.05) is 6.92 Å². The van der Waals surface area contributed by atoms with Crippen molar-refractivity contribution >= 4 is 17.6 Å². The van der Waals surface area contributed by atoms with Crippen molar-refractivity contribution in [2.75, 3.05) is 34.1 Å². The van der Waals surface area contributed by atoms with Gasteiger partial charge in [-0.2, -0.15) is 10.6 Å². The summed E-state index contributed by atoms with van der Waals surface area (Å²) in [5, 5.41) is 4.07. The number of halogens is 1. The topological polar surface area (TPSA) is 122 Å². The summed E-state index contributed by atoms with van der Waals surface area (Å²) in [6.07, 6.45) is 0.887. The minimum atomic E-state index is -0.712. The van der Waals surface area contributed by atoms with E-state index >= 15 is 0 Å². The highest BCUT2D eigenvalue weighted by Gasteiger charge is 2.30. The molecule has 1 amide bonds. The largest absolute Gasteiger partial charge is 0.464 e. The molecule has 1 aromatic heterocycles. The SMILES string of the molecule is CCCOCCn1nc(C(=O)OC)c([NH2+]OC)c1C(N)=O.CCF. The average molecular weight is 349 g/mol. The van der Waals surface area contributed by atoms with Crippen LogP contribution >= 0.6 is 0 Å². The predicted molar refractivity (Wildman–Crippen MR) is 83.4 cm³/mol. The lowest BCUT2D eigenvalue weighted by molar-refractivity contribution is -0.830. The summed E-state index contributed by atoms with van der Waals surface area (Å²) in [5.41, 5.74) is 6.86. The smallest absolute Gasteiger partial charge is 0.365 e. The highest BCUT2D eigenvalue weighted by atomic mass is 19.1. The molecule has 24 heavy (non-hydrogen) atoms. The molecule has 0 aromatic carbocycles. The number of carbonyl (C=O) groups excluding carboxylic acids is 2. The quantitative estimate of drug-likeness (QED) is 0.365. The number of quaternary nitrogens is 1. The van der Waals surface area contributed by atoms with Crippen molar-refractivity contribution in [1.29, 1.82) is 0 Å². The Morgan fingerprint density at radius 1 is 1.29 bits per heavy atom. The minimum absolute atomic E-state index is 0.0244. The molecule has 1 rings (SSSR count). The molecule has 0 saturated heterocycles. The van der Waals surface area contributed by atoms with Crippen LogP contribution in [-0.2, 0) is 20.9 Å². The van der Waals surface area contributed by atoms with Gasteiger partial charge < -0.3 is 15.2 Å². The van der Waals surface area contributed by atoms with E-state index in [1.54, 1.807) is 0 Å². The van der Waals surface area contributed by atoms with Crippen LogP contribution in [-0.4, -0.2) is 55.8 Å². The molecular weight excluding hydrogens is 323 g/mol. The third-order valence-electron chi connectivity index (χ3n) is 2.63. The monoisotopic (exact) mass is 349 g/mol. The summed E-state index contributed by atoms with van der Waals surface area (Å²) >= 11 is 0. The lowest BCUT2D eigenvalue weighted by atomic mass is 10.3. The second-order valence-electron chi connectivity index (χ2n) is 4.42. The first-order valence-electron chi connectivity index (χ1n) is 7.46. The molecule has 0 unspecified atom stereocenters. The maximum Gasteiger partial charge on any atom is 0.365 e. The average Bonchev–Trinajstić information content (AvgIpc) is 2.90. The third-order valence-corrected chi connectivity index (χ3v) is 2.63. The van der Waals surface area contributed by atoms with E-state index in [1.165, 1.54) is 31.3 Å². The first-order valence-corrected chi connectivity index (χ1v) is 7.46. The number of aromatic nitrogens is 2. The Morgan fingerprint density at radius 3 is 2.38 bits per heavy atom. The Kier molecular flexibility index (Phi) is 11.3. The van der Waals surface area contributed by atoms with Crippen LogP contribution in [0, 0.1) is 0 Å². The number of amides is 1. The van der Waals surface area contributed by atoms with E-state index in [0.717, 1.165) is 6.42 Å². The fourth-order valence-electron chi connectivity index (χ4n) is 1.77. The van der Waals surface area contributed by atoms with Crippen LogP contribution in [0.25, 0.3) is 0 Å². The van der Waals surface area contributed by atoms with Crippen molar-refractivity contribution in [1.82, 2.24) is 9.78 Å². The maximum absolute atomic E-state index is 11.7. The molecule has 0 aliphatic carbocycles. The van der Waals surface area contributed by atoms with Crippen molar-refractivity contribution in [2.45, 2.75) is 26.8 Å². The fraction of sp³-hybridized carbons (Fsp3) is 0.643. The molecule has 0 bridgehead atoms. The number of carbonyl (C=O) groups is 2. The summed E-state index contributed by atoms with van der Waals surface area (Å²) < 4.78 is 21.6. The molecule has 0 radical (unpaired) electrons. The van der Waals surface area contributed by atoms with Gasteiger partial charge in [0, 0.05) is 6.61 Å². The number of alkyl halides is 1. The van der Waals surface area contributed by atoms with Crippen LogP contribution in [0.15, 0.2) is 0 Å². The Hall–Kier alpha value is -2.04. The number of methoxy groups -OCH3 is 1. The van der Waals surface area contributed by atoms with Crippen molar-refractivity contribution in [3.63, 3.8) is 0 Å². The van der Waals surface area contributed by atoms with Gasteiger partial charge in [0.05, 0.1) is 34.0 Å². The van der Waals surface area contributed by atoms with Crippen LogP contribution < -0.4 is 11.2 Å². The van der Waals surface area contributed by atoms with Crippen LogP contribution in [0.1, 0.15) is 41.2 Å². The molecule has 0 aliphatic heterocycles. The first-order chi connectivity index (χ1) is 11.5. The molecule has 0 atom stereocenters. The van der Waals surface area contributed by atoms with E-state index in [9.17, 15) is 14.0 Å². The maximum atomic E-state index is 11.7. The van der Waals surface area contributed by atoms with Gasteiger partial charge in [0.25, 0.3) is 5.91 Å². The second kappa shape index (κ2) is 12.4. The number of nitrogens with two attached hydrogens (primary N) is 2. The van der Waals surface area contributed by atoms with Gasteiger partial charge in [-0.05, 0) is 13.3 Å². The van der Waals surface area contributed by atoms with Crippen LogP contribution in [0.2, 0.25) is 0 Å². The molecule has 9 nitrogen and oxygen atoms in total. The number of hydrogen-bond donors (Lipinski definition) is 2. The van der Waals surface area contributed by atoms with E-state index in [0.29, 0.717) is 19.8 Å². The van der Waals surface area contributed by atoms with Gasteiger partial charge in [0.1, 0.15) is 0 Å². The molecular formula is C14H26FN4O5+. The van der Waals surface area contributed by atoms with E-state index in [4.69, 9.17) is 15.3 Å². The van der Waals surface area contributed by atoms with Crippen LogP contribution in [0.4, 0.5) is 10.1 Å². The number of rotatable bonds is 9. The van der Waals surface area contributed by atoms with Gasteiger partial charge >= 0.3 is 5.97 Å². The Bertz CT molecular complexity index is 522. The zero-order valence-corrected chi connectivity index (χ0v) is 14.5.